The zero-order valence-electron chi connectivity index (χ0n) is 15.9. The monoisotopic (exact) mass is 530 g/mol. The van der Waals surface area contributed by atoms with Gasteiger partial charge in [-0.25, -0.2) is 4.68 Å². The number of carbonyl (C=O) groups is 1. The third-order valence-corrected chi connectivity index (χ3v) is 4.23. The lowest BCUT2D eigenvalue weighted by Crippen LogP contribution is -2.57. The number of nitrogens with zero attached hydrogens (tertiary/aromatic N) is 3. The number of quaternary nitrogens is 1. The van der Waals surface area contributed by atoms with E-state index in [-0.39, 0.29) is 4.68 Å². The molecule has 1 heterocycles. The predicted octanol–water partition coefficient (Wildman–Crippen LogP) is 4.90. The molecule has 0 spiro atoms. The topological polar surface area (TPSA) is 118 Å². The highest BCUT2D eigenvalue weighted by molar-refractivity contribution is 6.45. The van der Waals surface area contributed by atoms with Crippen molar-refractivity contribution in [3.63, 3.8) is 0 Å². The lowest BCUT2D eigenvalue weighted by Gasteiger charge is -2.16. The van der Waals surface area contributed by atoms with E-state index in [2.05, 4.69) is 24.7 Å². The Morgan fingerprint density at radius 3 is 2.09 bits per heavy atom. The van der Waals surface area contributed by atoms with Crippen LogP contribution in [0.5, 0.6) is 0 Å². The number of alkyl halides is 6. The molecule has 4 N–H and O–H groups in total. The maximum atomic E-state index is 12.9. The van der Waals surface area contributed by atoms with Crippen molar-refractivity contribution >= 4 is 52.2 Å². The summed E-state index contributed by atoms with van der Waals surface area (Å²) in [5.74, 6) is -3.76. The van der Waals surface area contributed by atoms with Gasteiger partial charge in [0, 0.05) is 0 Å². The van der Waals surface area contributed by atoms with Gasteiger partial charge in [-0.2, -0.15) is 31.4 Å². The van der Waals surface area contributed by atoms with Gasteiger partial charge in [-0.3, -0.25) is 20.2 Å². The van der Waals surface area contributed by atoms with Crippen LogP contribution in [-0.2, 0) is 11.0 Å². The van der Waals surface area contributed by atoms with Gasteiger partial charge in [0.1, 0.15) is 11.9 Å². The summed E-state index contributed by atoms with van der Waals surface area (Å²) in [6, 6.07) is 0.883. The van der Waals surface area contributed by atoms with Crippen LogP contribution in [0.1, 0.15) is 19.4 Å². The van der Waals surface area contributed by atoms with Crippen LogP contribution >= 0.6 is 34.8 Å². The van der Waals surface area contributed by atoms with E-state index in [1.54, 1.807) is 0 Å². The van der Waals surface area contributed by atoms with Gasteiger partial charge >= 0.3 is 23.9 Å². The van der Waals surface area contributed by atoms with Crippen LogP contribution in [0.3, 0.4) is 0 Å². The van der Waals surface area contributed by atoms with Crippen LogP contribution < -0.4 is 11.1 Å². The molecule has 1 aromatic carbocycles. The predicted molar refractivity (Wildman–Crippen MR) is 103 cm³/mol. The fourth-order valence-electron chi connectivity index (χ4n) is 1.92. The summed E-state index contributed by atoms with van der Waals surface area (Å²) in [5.41, 5.74) is 0.350. The van der Waals surface area contributed by atoms with Crippen LogP contribution in [0.4, 0.5) is 37.8 Å². The fraction of sp³-hybridized carbons (Fsp3) is 0.333. The van der Waals surface area contributed by atoms with Gasteiger partial charge in [-0.05, 0) is 19.9 Å². The van der Waals surface area contributed by atoms with Crippen molar-refractivity contribution in [1.29, 1.82) is 0 Å². The highest BCUT2D eigenvalue weighted by Gasteiger charge is 2.41. The first kappa shape index (κ1) is 27.7. The molecule has 0 unspecified atom stereocenters. The Morgan fingerprint density at radius 1 is 1.19 bits per heavy atom. The lowest BCUT2D eigenvalue weighted by molar-refractivity contribution is -0.407. The molecule has 0 fully saturated rings. The number of nitro groups is 1. The van der Waals surface area contributed by atoms with Crippen LogP contribution in [0, 0.1) is 10.1 Å². The minimum absolute atomic E-state index is 0.262. The number of hydrogen-bond acceptors (Lipinski definition) is 4. The van der Waals surface area contributed by atoms with Crippen LogP contribution in [0.25, 0.3) is 5.69 Å². The number of anilines is 1. The molecule has 0 bridgehead atoms. The molecule has 2 aromatic rings. The molecule has 178 valence electrons. The fourth-order valence-corrected chi connectivity index (χ4v) is 2.79. The molecule has 2 rings (SSSR count). The van der Waals surface area contributed by atoms with Crippen LogP contribution in [0.15, 0.2) is 12.3 Å². The molecule has 17 heteroatoms. The summed E-state index contributed by atoms with van der Waals surface area (Å²) in [6.45, 7) is 4.11. The Morgan fingerprint density at radius 2 is 1.69 bits per heavy atom. The minimum atomic E-state index is -5.44. The van der Waals surface area contributed by atoms with Gasteiger partial charge in [-0.15, -0.1) is 0 Å². The van der Waals surface area contributed by atoms with Gasteiger partial charge in [0.15, 0.2) is 0 Å². The first-order valence-electron chi connectivity index (χ1n) is 8.08. The summed E-state index contributed by atoms with van der Waals surface area (Å²) < 4.78 is 76.6. The van der Waals surface area contributed by atoms with E-state index in [0.717, 1.165) is 0 Å². The van der Waals surface area contributed by atoms with Crippen molar-refractivity contribution in [2.24, 2.45) is 0 Å². The molecule has 0 saturated carbocycles. The Balaban J connectivity index is 0.00000118. The van der Waals surface area contributed by atoms with Crippen molar-refractivity contribution in [2.45, 2.75) is 32.2 Å². The van der Waals surface area contributed by atoms with E-state index >= 15 is 0 Å². The highest BCUT2D eigenvalue weighted by Crippen LogP contribution is 2.45. The molecule has 0 aliphatic heterocycles. The number of halogens is 9. The maximum Gasteiger partial charge on any atom is 0.471 e. The molecule has 32 heavy (non-hydrogen) atoms. The third-order valence-electron chi connectivity index (χ3n) is 3.09. The summed E-state index contributed by atoms with van der Waals surface area (Å²) in [6.07, 6.45) is -9.98. The average Bonchev–Trinajstić information content (AvgIpc) is 2.99. The van der Waals surface area contributed by atoms with E-state index in [4.69, 9.17) is 34.8 Å². The summed E-state index contributed by atoms with van der Waals surface area (Å²) in [4.78, 5) is 21.0. The van der Waals surface area contributed by atoms with Crippen LogP contribution in [-0.4, -0.2) is 32.8 Å². The van der Waals surface area contributed by atoms with Crippen molar-refractivity contribution in [3.8, 4) is 5.69 Å². The first-order valence-corrected chi connectivity index (χ1v) is 9.21. The minimum Gasteiger partial charge on any atom is -0.356 e. The number of hydrogen-bond donors (Lipinski definition) is 2. The van der Waals surface area contributed by atoms with Crippen molar-refractivity contribution in [2.75, 3.05) is 5.32 Å². The largest absolute Gasteiger partial charge is 0.471 e. The van der Waals surface area contributed by atoms with Gasteiger partial charge < -0.3 is 5.73 Å². The number of aromatic nitrogens is 2. The van der Waals surface area contributed by atoms with Gasteiger partial charge in [-0.1, -0.05) is 34.8 Å². The second-order valence-electron chi connectivity index (χ2n) is 6.27. The second kappa shape index (κ2) is 10.1. The number of carbonyl (C=O) groups excluding carboxylic acids is 1. The maximum absolute atomic E-state index is 12.9. The number of benzene rings is 1. The summed E-state index contributed by atoms with van der Waals surface area (Å²) in [7, 11) is 0. The van der Waals surface area contributed by atoms with E-state index in [1.807, 2.05) is 0 Å². The number of rotatable bonds is 3. The average molecular weight is 532 g/mol. The molecule has 0 radical (unpaired) electrons. The standard InChI is InChI=1S/C12H3Cl3F6N4O3.C3H9N/c13-4-1-3(11(16,17)18)6(14)7(15)8(4)24-9(5(2-22-24)25(27)28)23-10(26)12(19,20)21;1-3(2)4/h1-2H,(H,23,26);3H,4H2,1-2H3/p+1. The lowest BCUT2D eigenvalue weighted by atomic mass is 10.2. The van der Waals surface area contributed by atoms with E-state index < -0.39 is 61.0 Å². The number of nitrogens with one attached hydrogen (secondary N) is 1. The molecular weight excluding hydrogens is 519 g/mol. The molecule has 8 nitrogen and oxygen atoms in total. The second-order valence-corrected chi connectivity index (χ2v) is 7.44. The third kappa shape index (κ3) is 6.60. The SMILES string of the molecule is CC(C)[NH3+].O=C(Nc1c([N+](=O)[O-])cnn1-c1c(Cl)cc(C(F)(F)F)c(Cl)c1Cl)C(F)(F)F. The van der Waals surface area contributed by atoms with Gasteiger partial charge in [0.2, 0.25) is 5.82 Å². The summed E-state index contributed by atoms with van der Waals surface area (Å²) >= 11 is 17.0. The zero-order chi connectivity index (χ0) is 25.2. The van der Waals surface area contributed by atoms with E-state index in [9.17, 15) is 41.3 Å². The Bertz CT molecular complexity index is 1020. The Hall–Kier alpha value is -2.29. The molecule has 0 saturated heterocycles. The van der Waals surface area contributed by atoms with Crippen molar-refractivity contribution in [1.82, 2.24) is 9.78 Å². The van der Waals surface area contributed by atoms with E-state index in [1.165, 1.54) is 5.32 Å². The van der Waals surface area contributed by atoms with Crippen LogP contribution in [0.2, 0.25) is 15.1 Å². The normalized spacial score (nSPS) is 11.8. The first-order chi connectivity index (χ1) is 14.4. The molecule has 0 aliphatic rings. The van der Waals surface area contributed by atoms with Crippen molar-refractivity contribution in [3.05, 3.63) is 43.0 Å². The van der Waals surface area contributed by atoms with Gasteiger partial charge in [0.05, 0.1) is 31.6 Å². The molecule has 0 atom stereocenters. The summed E-state index contributed by atoms with van der Waals surface area (Å²) in [5, 5.41) is 12.8. The van der Waals surface area contributed by atoms with E-state index in [0.29, 0.717) is 18.3 Å². The molecular formula is C15H13Cl3F6N5O3+. The smallest absolute Gasteiger partial charge is 0.356 e. The molecule has 1 amide bonds. The Labute approximate surface area is 190 Å². The number of amides is 1. The zero-order valence-corrected chi connectivity index (χ0v) is 18.2. The quantitative estimate of drug-likeness (QED) is 0.254. The highest BCUT2D eigenvalue weighted by atomic mass is 35.5. The van der Waals surface area contributed by atoms with Gasteiger partial charge in [0.25, 0.3) is 0 Å². The molecule has 0 aliphatic carbocycles. The molecule has 1 aromatic heterocycles. The van der Waals surface area contributed by atoms with Crippen molar-refractivity contribution < 1.29 is 41.8 Å². The Kier molecular flexibility index (Phi) is 8.76.